The summed E-state index contributed by atoms with van der Waals surface area (Å²) in [6, 6.07) is 4.99. The molecule has 1 aromatic rings. The van der Waals surface area contributed by atoms with Crippen molar-refractivity contribution in [2.75, 3.05) is 6.54 Å². The summed E-state index contributed by atoms with van der Waals surface area (Å²) in [4.78, 5) is 0. The van der Waals surface area contributed by atoms with Crippen molar-refractivity contribution < 1.29 is 17.9 Å². The van der Waals surface area contributed by atoms with Crippen molar-refractivity contribution in [3.8, 4) is 11.8 Å². The molecule has 108 valence electrons. The van der Waals surface area contributed by atoms with Crippen molar-refractivity contribution in [3.63, 3.8) is 0 Å². The van der Waals surface area contributed by atoms with Crippen LogP contribution in [0.4, 0.5) is 13.2 Å². The van der Waals surface area contributed by atoms with E-state index in [1.165, 1.54) is 6.07 Å². The molecule has 0 saturated heterocycles. The molecule has 0 aromatic heterocycles. The predicted molar refractivity (Wildman–Crippen MR) is 67.0 cm³/mol. The molecule has 2 N–H and O–H groups in total. The standard InChI is InChI=1S/C14H15F3N2O/c15-14(16,17)12-6-11(5-4-9(12)7-18)20-13-3-1-2-10(13)8-19/h4-6,10,13H,1-3,8,19H2. The second-order valence-electron chi connectivity index (χ2n) is 4.90. The zero-order chi connectivity index (χ0) is 14.8. The highest BCUT2D eigenvalue weighted by Gasteiger charge is 2.35. The lowest BCUT2D eigenvalue weighted by atomic mass is 10.1. The van der Waals surface area contributed by atoms with E-state index in [1.54, 1.807) is 6.07 Å². The van der Waals surface area contributed by atoms with E-state index in [0.29, 0.717) is 6.54 Å². The van der Waals surface area contributed by atoms with Gasteiger partial charge in [-0.1, -0.05) is 0 Å². The van der Waals surface area contributed by atoms with Gasteiger partial charge in [-0.3, -0.25) is 0 Å². The van der Waals surface area contributed by atoms with Crippen LogP contribution in [0.5, 0.6) is 5.75 Å². The molecule has 0 bridgehead atoms. The van der Waals surface area contributed by atoms with Crippen LogP contribution in [0.1, 0.15) is 30.4 Å². The third-order valence-electron chi connectivity index (χ3n) is 3.60. The summed E-state index contributed by atoms with van der Waals surface area (Å²) >= 11 is 0. The largest absolute Gasteiger partial charge is 0.490 e. The first-order chi connectivity index (χ1) is 9.45. The van der Waals surface area contributed by atoms with E-state index in [2.05, 4.69) is 0 Å². The van der Waals surface area contributed by atoms with Gasteiger partial charge in [0.2, 0.25) is 0 Å². The predicted octanol–water partition coefficient (Wildman–Crippen LogP) is 3.08. The number of alkyl halides is 3. The summed E-state index contributed by atoms with van der Waals surface area (Å²) in [6.45, 7) is 0.465. The molecule has 0 aliphatic heterocycles. The van der Waals surface area contributed by atoms with E-state index < -0.39 is 17.3 Å². The van der Waals surface area contributed by atoms with Crippen LogP contribution in [-0.2, 0) is 6.18 Å². The van der Waals surface area contributed by atoms with Crippen LogP contribution < -0.4 is 10.5 Å². The summed E-state index contributed by atoms with van der Waals surface area (Å²) < 4.78 is 44.2. The Labute approximate surface area is 115 Å². The highest BCUT2D eigenvalue weighted by atomic mass is 19.4. The normalized spacial score (nSPS) is 22.6. The van der Waals surface area contributed by atoms with E-state index in [-0.39, 0.29) is 17.8 Å². The van der Waals surface area contributed by atoms with Gasteiger partial charge in [0.15, 0.2) is 0 Å². The third kappa shape index (κ3) is 3.05. The van der Waals surface area contributed by atoms with Gasteiger partial charge in [0, 0.05) is 5.92 Å². The number of ether oxygens (including phenoxy) is 1. The minimum Gasteiger partial charge on any atom is -0.490 e. The molecule has 1 aliphatic carbocycles. The molecule has 1 saturated carbocycles. The lowest BCUT2D eigenvalue weighted by molar-refractivity contribution is -0.137. The van der Waals surface area contributed by atoms with Crippen molar-refractivity contribution in [2.24, 2.45) is 11.7 Å². The maximum Gasteiger partial charge on any atom is 0.417 e. The maximum absolute atomic E-state index is 12.8. The average Bonchev–Trinajstić information content (AvgIpc) is 2.85. The Morgan fingerprint density at radius 1 is 1.35 bits per heavy atom. The number of hydrogen-bond donors (Lipinski definition) is 1. The molecular weight excluding hydrogens is 269 g/mol. The van der Waals surface area contributed by atoms with Crippen molar-refractivity contribution in [1.82, 2.24) is 0 Å². The zero-order valence-electron chi connectivity index (χ0n) is 10.8. The Morgan fingerprint density at radius 2 is 2.10 bits per heavy atom. The molecule has 0 heterocycles. The molecule has 0 amide bonds. The summed E-state index contributed by atoms with van der Waals surface area (Å²) in [5, 5.41) is 8.73. The Balaban J connectivity index is 2.24. The lowest BCUT2D eigenvalue weighted by Gasteiger charge is -2.20. The molecule has 1 aromatic carbocycles. The van der Waals surface area contributed by atoms with Gasteiger partial charge in [-0.05, 0) is 44.0 Å². The molecule has 20 heavy (non-hydrogen) atoms. The molecule has 0 spiro atoms. The van der Waals surface area contributed by atoms with Gasteiger partial charge in [-0.25, -0.2) is 0 Å². The SMILES string of the molecule is N#Cc1ccc(OC2CCCC2CN)cc1C(F)(F)F. The molecule has 2 atom stereocenters. The fourth-order valence-electron chi connectivity index (χ4n) is 2.53. The summed E-state index contributed by atoms with van der Waals surface area (Å²) in [5.74, 6) is 0.321. The van der Waals surface area contributed by atoms with Crippen molar-refractivity contribution in [2.45, 2.75) is 31.5 Å². The lowest BCUT2D eigenvalue weighted by Crippen LogP contribution is -2.27. The van der Waals surface area contributed by atoms with Gasteiger partial charge >= 0.3 is 6.18 Å². The number of benzene rings is 1. The van der Waals surface area contributed by atoms with Crippen LogP contribution in [0, 0.1) is 17.2 Å². The monoisotopic (exact) mass is 284 g/mol. The van der Waals surface area contributed by atoms with Crippen LogP contribution in [0.2, 0.25) is 0 Å². The van der Waals surface area contributed by atoms with Crippen LogP contribution in [0.15, 0.2) is 18.2 Å². The first-order valence-corrected chi connectivity index (χ1v) is 6.43. The number of rotatable bonds is 3. The van der Waals surface area contributed by atoms with Crippen LogP contribution in [-0.4, -0.2) is 12.6 Å². The van der Waals surface area contributed by atoms with Crippen molar-refractivity contribution in [3.05, 3.63) is 29.3 Å². The molecule has 0 radical (unpaired) electrons. The minimum atomic E-state index is -4.56. The summed E-state index contributed by atoms with van der Waals surface area (Å²) in [6.07, 6.45) is -2.01. The van der Waals surface area contributed by atoms with Gasteiger partial charge < -0.3 is 10.5 Å². The van der Waals surface area contributed by atoms with Crippen molar-refractivity contribution >= 4 is 0 Å². The molecular formula is C14H15F3N2O. The Kier molecular flexibility index (Phi) is 4.19. The second-order valence-corrected chi connectivity index (χ2v) is 4.90. The first-order valence-electron chi connectivity index (χ1n) is 6.43. The number of nitrogens with zero attached hydrogens (tertiary/aromatic N) is 1. The average molecular weight is 284 g/mol. The third-order valence-corrected chi connectivity index (χ3v) is 3.60. The molecule has 1 fully saturated rings. The maximum atomic E-state index is 12.8. The number of halogens is 3. The Bertz CT molecular complexity index is 522. The zero-order valence-corrected chi connectivity index (χ0v) is 10.8. The van der Waals surface area contributed by atoms with Crippen LogP contribution in [0.3, 0.4) is 0 Å². The van der Waals surface area contributed by atoms with Gasteiger partial charge in [0.25, 0.3) is 0 Å². The molecule has 6 heteroatoms. The van der Waals surface area contributed by atoms with E-state index in [0.717, 1.165) is 31.4 Å². The summed E-state index contributed by atoms with van der Waals surface area (Å²) in [7, 11) is 0. The number of nitrogens with two attached hydrogens (primary N) is 1. The van der Waals surface area contributed by atoms with E-state index in [1.807, 2.05) is 0 Å². The van der Waals surface area contributed by atoms with Crippen molar-refractivity contribution in [1.29, 1.82) is 5.26 Å². The molecule has 2 unspecified atom stereocenters. The molecule has 1 aliphatic rings. The van der Waals surface area contributed by atoms with E-state index in [4.69, 9.17) is 15.7 Å². The van der Waals surface area contributed by atoms with E-state index in [9.17, 15) is 13.2 Å². The van der Waals surface area contributed by atoms with Crippen LogP contribution >= 0.6 is 0 Å². The second kappa shape index (κ2) is 5.71. The topological polar surface area (TPSA) is 59.0 Å². The highest BCUT2D eigenvalue weighted by Crippen LogP contribution is 2.36. The van der Waals surface area contributed by atoms with Crippen LogP contribution in [0.25, 0.3) is 0 Å². The fraction of sp³-hybridized carbons (Fsp3) is 0.500. The number of nitriles is 1. The smallest absolute Gasteiger partial charge is 0.417 e. The van der Waals surface area contributed by atoms with Gasteiger partial charge in [-0.15, -0.1) is 0 Å². The van der Waals surface area contributed by atoms with Gasteiger partial charge in [-0.2, -0.15) is 18.4 Å². The minimum absolute atomic E-state index is 0.140. The Morgan fingerprint density at radius 3 is 2.70 bits per heavy atom. The molecule has 3 nitrogen and oxygen atoms in total. The number of hydrogen-bond acceptors (Lipinski definition) is 3. The Hall–Kier alpha value is -1.74. The summed E-state index contributed by atoms with van der Waals surface area (Å²) in [5.41, 5.74) is 4.26. The quantitative estimate of drug-likeness (QED) is 0.928. The van der Waals surface area contributed by atoms with E-state index >= 15 is 0 Å². The first kappa shape index (κ1) is 14.7. The fourth-order valence-corrected chi connectivity index (χ4v) is 2.53. The van der Waals surface area contributed by atoms with Gasteiger partial charge in [0.1, 0.15) is 11.9 Å². The van der Waals surface area contributed by atoms with Gasteiger partial charge in [0.05, 0.1) is 17.2 Å². The molecule has 2 rings (SSSR count). The highest BCUT2D eigenvalue weighted by molar-refractivity contribution is 5.44.